The minimum absolute atomic E-state index is 0.000986. The summed E-state index contributed by atoms with van der Waals surface area (Å²) in [7, 11) is 4.26. The van der Waals surface area contributed by atoms with Crippen LogP contribution in [0.15, 0.2) is 18.2 Å². The normalized spacial score (nSPS) is 12.8. The van der Waals surface area contributed by atoms with Crippen LogP contribution in [0, 0.1) is 0 Å². The molecule has 6 nitrogen and oxygen atoms in total. The van der Waals surface area contributed by atoms with Crippen molar-refractivity contribution in [2.45, 2.75) is 6.42 Å². The number of amides is 1. The number of nitrogens with one attached hydrogen (secondary N) is 2. The number of carbonyl (C=O) groups is 1. The van der Waals surface area contributed by atoms with E-state index < -0.39 is 0 Å². The Bertz CT molecular complexity index is 463. The predicted molar refractivity (Wildman–Crippen MR) is 75.1 cm³/mol. The number of hydrogen-bond donors (Lipinski definition) is 3. The average molecular weight is 281 g/mol. The molecule has 0 aliphatic carbocycles. The molecule has 1 aromatic carbocycles. The van der Waals surface area contributed by atoms with Gasteiger partial charge in [0.15, 0.2) is 18.0 Å². The van der Waals surface area contributed by atoms with Crippen LogP contribution in [-0.4, -0.2) is 46.4 Å². The Morgan fingerprint density at radius 1 is 1.35 bits per heavy atom. The standard InChI is InChI=1S/C14H21N3O3/c1-17(2)7-3-6-15-9-14(18)16-11-4-5-12-13(8-11)20-10-19-12/h4-5,8,15H,3,6-7,9-10H2,1-2H3,(H,16,18)/p+2. The lowest BCUT2D eigenvalue weighted by Gasteiger charge is -2.07. The van der Waals surface area contributed by atoms with E-state index in [1.165, 1.54) is 4.90 Å². The van der Waals surface area contributed by atoms with Gasteiger partial charge in [-0.15, -0.1) is 0 Å². The zero-order valence-corrected chi connectivity index (χ0v) is 12.1. The van der Waals surface area contributed by atoms with Crippen LogP contribution in [0.1, 0.15) is 6.42 Å². The highest BCUT2D eigenvalue weighted by Crippen LogP contribution is 2.34. The molecule has 0 atom stereocenters. The Balaban J connectivity index is 1.69. The zero-order chi connectivity index (χ0) is 14.4. The molecule has 6 heteroatoms. The highest BCUT2D eigenvalue weighted by Gasteiger charge is 2.14. The Morgan fingerprint density at radius 2 is 2.15 bits per heavy atom. The summed E-state index contributed by atoms with van der Waals surface area (Å²) in [5.41, 5.74) is 0.741. The van der Waals surface area contributed by atoms with Gasteiger partial charge in [-0.1, -0.05) is 0 Å². The molecule has 2 rings (SSSR count). The van der Waals surface area contributed by atoms with Crippen LogP contribution in [0.4, 0.5) is 5.69 Å². The Morgan fingerprint density at radius 3 is 2.95 bits per heavy atom. The van der Waals surface area contributed by atoms with E-state index >= 15 is 0 Å². The maximum absolute atomic E-state index is 11.8. The Labute approximate surface area is 119 Å². The maximum Gasteiger partial charge on any atom is 0.279 e. The molecule has 110 valence electrons. The number of hydrogen-bond acceptors (Lipinski definition) is 3. The van der Waals surface area contributed by atoms with Crippen molar-refractivity contribution in [1.82, 2.24) is 0 Å². The van der Waals surface area contributed by atoms with Crippen molar-refractivity contribution in [2.24, 2.45) is 0 Å². The summed E-state index contributed by atoms with van der Waals surface area (Å²) in [6.07, 6.45) is 1.11. The summed E-state index contributed by atoms with van der Waals surface area (Å²) >= 11 is 0. The smallest absolute Gasteiger partial charge is 0.279 e. The van der Waals surface area contributed by atoms with Crippen LogP contribution in [0.3, 0.4) is 0 Å². The summed E-state index contributed by atoms with van der Waals surface area (Å²) in [6.45, 7) is 2.78. The molecule has 0 saturated heterocycles. The lowest BCUT2D eigenvalue weighted by Crippen LogP contribution is -3.06. The van der Waals surface area contributed by atoms with Gasteiger partial charge in [-0.3, -0.25) is 4.79 Å². The first kappa shape index (κ1) is 14.6. The number of benzene rings is 1. The topological polar surface area (TPSA) is 68.6 Å². The van der Waals surface area contributed by atoms with Crippen molar-refractivity contribution >= 4 is 11.6 Å². The summed E-state index contributed by atoms with van der Waals surface area (Å²) in [4.78, 5) is 13.2. The van der Waals surface area contributed by atoms with Crippen molar-refractivity contribution in [1.29, 1.82) is 0 Å². The summed E-state index contributed by atoms with van der Waals surface area (Å²) < 4.78 is 10.5. The van der Waals surface area contributed by atoms with Gasteiger partial charge >= 0.3 is 0 Å². The highest BCUT2D eigenvalue weighted by molar-refractivity contribution is 5.91. The minimum atomic E-state index is 0.000986. The van der Waals surface area contributed by atoms with E-state index in [2.05, 4.69) is 19.4 Å². The fourth-order valence-corrected chi connectivity index (χ4v) is 2.02. The molecule has 20 heavy (non-hydrogen) atoms. The molecule has 0 aromatic heterocycles. The molecule has 0 saturated carbocycles. The minimum Gasteiger partial charge on any atom is -0.454 e. The van der Waals surface area contributed by atoms with Gasteiger partial charge in [-0.05, 0) is 12.1 Å². The average Bonchev–Trinajstić information content (AvgIpc) is 2.85. The van der Waals surface area contributed by atoms with Crippen molar-refractivity contribution in [3.8, 4) is 11.5 Å². The molecular formula is C14H23N3O3+2. The number of fused-ring (bicyclic) bond motifs is 1. The predicted octanol–water partition coefficient (Wildman–Crippen LogP) is -1.55. The quantitative estimate of drug-likeness (QED) is 0.530. The van der Waals surface area contributed by atoms with Gasteiger partial charge < -0.3 is 25.0 Å². The SMILES string of the molecule is C[NH+](C)CCC[NH2+]CC(=O)Nc1ccc2c(c1)OCO2. The fraction of sp³-hybridized carbons (Fsp3) is 0.500. The second kappa shape index (κ2) is 7.12. The molecule has 1 aliphatic rings. The van der Waals surface area contributed by atoms with Gasteiger partial charge in [-0.2, -0.15) is 0 Å². The van der Waals surface area contributed by atoms with E-state index in [4.69, 9.17) is 9.47 Å². The number of anilines is 1. The molecule has 1 aliphatic heterocycles. The van der Waals surface area contributed by atoms with Gasteiger partial charge in [0.05, 0.1) is 27.2 Å². The van der Waals surface area contributed by atoms with Gasteiger partial charge in [0.2, 0.25) is 6.79 Å². The van der Waals surface area contributed by atoms with E-state index in [0.29, 0.717) is 12.3 Å². The summed E-state index contributed by atoms with van der Waals surface area (Å²) in [6, 6.07) is 5.41. The van der Waals surface area contributed by atoms with Crippen LogP contribution in [0.25, 0.3) is 0 Å². The molecule has 1 amide bonds. The van der Waals surface area contributed by atoms with Crippen molar-refractivity contribution in [3.63, 3.8) is 0 Å². The third-order valence-corrected chi connectivity index (χ3v) is 3.07. The number of ether oxygens (including phenoxy) is 2. The molecular weight excluding hydrogens is 258 g/mol. The van der Waals surface area contributed by atoms with Crippen LogP contribution < -0.4 is 25.0 Å². The fourth-order valence-electron chi connectivity index (χ4n) is 2.02. The molecule has 0 unspecified atom stereocenters. The zero-order valence-electron chi connectivity index (χ0n) is 12.1. The third kappa shape index (κ3) is 4.40. The lowest BCUT2D eigenvalue weighted by molar-refractivity contribution is -0.860. The number of quaternary nitrogens is 2. The number of rotatable bonds is 7. The molecule has 0 bridgehead atoms. The van der Waals surface area contributed by atoms with E-state index in [1.54, 1.807) is 6.07 Å². The number of carbonyl (C=O) groups excluding carboxylic acids is 1. The molecule has 4 N–H and O–H groups in total. The first-order valence-electron chi connectivity index (χ1n) is 6.95. The van der Waals surface area contributed by atoms with Gasteiger partial charge in [0, 0.05) is 18.2 Å². The van der Waals surface area contributed by atoms with Crippen molar-refractivity contribution < 1.29 is 24.5 Å². The van der Waals surface area contributed by atoms with Crippen LogP contribution >= 0.6 is 0 Å². The molecule has 1 heterocycles. The van der Waals surface area contributed by atoms with Gasteiger partial charge in [0.25, 0.3) is 5.91 Å². The molecule has 1 aromatic rings. The largest absolute Gasteiger partial charge is 0.454 e. The highest BCUT2D eigenvalue weighted by atomic mass is 16.7. The second-order valence-corrected chi connectivity index (χ2v) is 5.21. The van der Waals surface area contributed by atoms with Gasteiger partial charge in [0.1, 0.15) is 0 Å². The van der Waals surface area contributed by atoms with Gasteiger partial charge in [-0.25, -0.2) is 0 Å². The molecule has 0 fully saturated rings. The summed E-state index contributed by atoms with van der Waals surface area (Å²) in [5.74, 6) is 1.41. The third-order valence-electron chi connectivity index (χ3n) is 3.07. The first-order valence-corrected chi connectivity index (χ1v) is 6.95. The van der Waals surface area contributed by atoms with E-state index in [9.17, 15) is 4.79 Å². The molecule has 0 spiro atoms. The van der Waals surface area contributed by atoms with Crippen molar-refractivity contribution in [2.75, 3.05) is 45.8 Å². The van der Waals surface area contributed by atoms with E-state index in [1.807, 2.05) is 17.4 Å². The molecule has 0 radical (unpaired) electrons. The van der Waals surface area contributed by atoms with Crippen LogP contribution in [-0.2, 0) is 4.79 Å². The van der Waals surface area contributed by atoms with Crippen LogP contribution in [0.5, 0.6) is 11.5 Å². The second-order valence-electron chi connectivity index (χ2n) is 5.21. The Hall–Kier alpha value is -1.79. The van der Waals surface area contributed by atoms with Crippen LogP contribution in [0.2, 0.25) is 0 Å². The van der Waals surface area contributed by atoms with Crippen molar-refractivity contribution in [3.05, 3.63) is 18.2 Å². The van der Waals surface area contributed by atoms with E-state index in [-0.39, 0.29) is 12.7 Å². The first-order chi connectivity index (χ1) is 9.65. The van der Waals surface area contributed by atoms with E-state index in [0.717, 1.165) is 30.9 Å². The lowest BCUT2D eigenvalue weighted by atomic mass is 10.3. The monoisotopic (exact) mass is 281 g/mol. The summed E-state index contributed by atoms with van der Waals surface area (Å²) in [5, 5.41) is 4.89. The Kier molecular flexibility index (Phi) is 5.20. The number of nitrogens with two attached hydrogens (primary N) is 1. The maximum atomic E-state index is 11.8.